The quantitative estimate of drug-likeness (QED) is 0.296. The molecule has 38 heavy (non-hydrogen) atoms. The van der Waals surface area contributed by atoms with Crippen LogP contribution in [0, 0.1) is 12.7 Å². The number of tetrazole rings is 1. The monoisotopic (exact) mass is 516 g/mol. The molecule has 2 aromatic carbocycles. The Morgan fingerprint density at radius 3 is 2.61 bits per heavy atom. The Kier molecular flexibility index (Phi) is 6.43. The number of benzene rings is 2. The molecule has 0 unspecified atom stereocenters. The SMILES string of the molecule is Cc1cc(CNC(=O)c2cc(C(=O)N[C@@H]3CN(C(N)=O)c4cc(-c5nn[nH]n5)ccc43)ncn2)ccc1F. The van der Waals surface area contributed by atoms with E-state index < -0.39 is 23.9 Å². The molecule has 0 spiro atoms. The van der Waals surface area contributed by atoms with E-state index in [9.17, 15) is 18.8 Å². The molecule has 0 fully saturated rings. The number of nitrogens with one attached hydrogen (secondary N) is 3. The summed E-state index contributed by atoms with van der Waals surface area (Å²) in [6, 6.07) is 9.69. The molecule has 192 valence electrons. The number of carbonyl (C=O) groups is 3. The summed E-state index contributed by atoms with van der Waals surface area (Å²) in [5.41, 5.74) is 8.46. The number of primary amides is 1. The standard InChI is InChI=1S/C24H21FN10O3/c1-12-6-13(2-5-16(12)25)9-27-22(36)17-8-18(29-11-28-17)23(37)30-19-10-35(24(26)38)20-7-14(3-4-15(19)20)21-31-33-34-32-21/h2-8,11,19H,9-10H2,1H3,(H2,26,38)(H,27,36)(H,30,37)(H,31,32,33,34)/t19-/m1/s1. The first-order valence-electron chi connectivity index (χ1n) is 11.4. The lowest BCUT2D eigenvalue weighted by Gasteiger charge is -2.15. The molecule has 5 rings (SSSR count). The van der Waals surface area contributed by atoms with Crippen molar-refractivity contribution in [2.45, 2.75) is 19.5 Å². The van der Waals surface area contributed by atoms with Gasteiger partial charge in [-0.1, -0.05) is 24.3 Å². The van der Waals surface area contributed by atoms with E-state index in [0.29, 0.717) is 33.8 Å². The summed E-state index contributed by atoms with van der Waals surface area (Å²) in [4.78, 5) is 47.0. The number of carbonyl (C=O) groups excluding carboxylic acids is 3. The Morgan fingerprint density at radius 2 is 1.89 bits per heavy atom. The summed E-state index contributed by atoms with van der Waals surface area (Å²) in [5, 5.41) is 19.3. The van der Waals surface area contributed by atoms with Crippen molar-refractivity contribution in [1.29, 1.82) is 0 Å². The second kappa shape index (κ2) is 10.0. The number of halogens is 1. The number of hydrogen-bond acceptors (Lipinski definition) is 8. The molecule has 0 saturated carbocycles. The van der Waals surface area contributed by atoms with Crippen molar-refractivity contribution < 1.29 is 18.8 Å². The molecule has 3 heterocycles. The van der Waals surface area contributed by atoms with Crippen LogP contribution in [-0.4, -0.2) is 55.0 Å². The molecule has 2 aromatic heterocycles. The highest BCUT2D eigenvalue weighted by Crippen LogP contribution is 2.37. The van der Waals surface area contributed by atoms with Crippen molar-refractivity contribution in [3.63, 3.8) is 0 Å². The molecule has 1 atom stereocenters. The highest BCUT2D eigenvalue weighted by Gasteiger charge is 2.33. The van der Waals surface area contributed by atoms with Crippen LogP contribution >= 0.6 is 0 Å². The van der Waals surface area contributed by atoms with E-state index in [0.717, 1.165) is 6.33 Å². The van der Waals surface area contributed by atoms with Gasteiger partial charge in [-0.05, 0) is 35.4 Å². The lowest BCUT2D eigenvalue weighted by atomic mass is 10.1. The van der Waals surface area contributed by atoms with Gasteiger partial charge >= 0.3 is 6.03 Å². The topological polar surface area (TPSA) is 185 Å². The fourth-order valence-electron chi connectivity index (χ4n) is 4.13. The molecule has 0 bridgehead atoms. The zero-order chi connectivity index (χ0) is 26.8. The van der Waals surface area contributed by atoms with Gasteiger partial charge in [0.25, 0.3) is 11.8 Å². The highest BCUT2D eigenvalue weighted by atomic mass is 19.1. The predicted molar refractivity (Wildman–Crippen MR) is 131 cm³/mol. The van der Waals surface area contributed by atoms with Crippen LogP contribution in [0.3, 0.4) is 0 Å². The van der Waals surface area contributed by atoms with Crippen molar-refractivity contribution in [2.75, 3.05) is 11.4 Å². The summed E-state index contributed by atoms with van der Waals surface area (Å²) in [6.45, 7) is 1.88. The van der Waals surface area contributed by atoms with E-state index in [2.05, 4.69) is 41.2 Å². The first-order chi connectivity index (χ1) is 18.3. The molecular weight excluding hydrogens is 495 g/mol. The van der Waals surface area contributed by atoms with E-state index in [1.807, 2.05) is 0 Å². The van der Waals surface area contributed by atoms with Gasteiger partial charge in [-0.3, -0.25) is 14.5 Å². The zero-order valence-corrected chi connectivity index (χ0v) is 20.0. The van der Waals surface area contributed by atoms with Gasteiger partial charge in [0, 0.05) is 23.7 Å². The Bertz CT molecular complexity index is 1540. The van der Waals surface area contributed by atoms with Crippen molar-refractivity contribution >= 4 is 23.5 Å². The van der Waals surface area contributed by atoms with Gasteiger partial charge < -0.3 is 16.4 Å². The fraction of sp³-hybridized carbons (Fsp3) is 0.167. The number of H-pyrrole nitrogens is 1. The lowest BCUT2D eigenvalue weighted by molar-refractivity contribution is 0.0933. The predicted octanol–water partition coefficient (Wildman–Crippen LogP) is 1.40. The summed E-state index contributed by atoms with van der Waals surface area (Å²) in [5.74, 6) is -1.09. The summed E-state index contributed by atoms with van der Waals surface area (Å²) in [6.07, 6.45) is 1.11. The van der Waals surface area contributed by atoms with Crippen LogP contribution < -0.4 is 21.3 Å². The zero-order valence-electron chi connectivity index (χ0n) is 20.0. The molecule has 14 heteroatoms. The first kappa shape index (κ1) is 24.4. The van der Waals surface area contributed by atoms with Crippen LogP contribution in [0.4, 0.5) is 14.9 Å². The number of urea groups is 1. The molecule has 0 aliphatic carbocycles. The maximum atomic E-state index is 13.5. The van der Waals surface area contributed by atoms with E-state index >= 15 is 0 Å². The number of fused-ring (bicyclic) bond motifs is 1. The Morgan fingerprint density at radius 1 is 1.11 bits per heavy atom. The minimum absolute atomic E-state index is 0.0145. The minimum atomic E-state index is -0.689. The van der Waals surface area contributed by atoms with E-state index in [-0.39, 0.29) is 30.3 Å². The number of nitrogens with two attached hydrogens (primary N) is 1. The van der Waals surface area contributed by atoms with Crippen molar-refractivity contribution in [3.8, 4) is 11.4 Å². The lowest BCUT2D eigenvalue weighted by Crippen LogP contribution is -2.38. The van der Waals surface area contributed by atoms with Gasteiger partial charge in [-0.2, -0.15) is 5.21 Å². The van der Waals surface area contributed by atoms with Gasteiger partial charge in [0.05, 0.1) is 18.3 Å². The number of hydrogen-bond donors (Lipinski definition) is 4. The second-order valence-electron chi connectivity index (χ2n) is 8.54. The van der Waals surface area contributed by atoms with Crippen molar-refractivity contribution in [3.05, 3.63) is 82.7 Å². The van der Waals surface area contributed by atoms with Crippen molar-refractivity contribution in [2.24, 2.45) is 5.73 Å². The normalized spacial score (nSPS) is 14.2. The molecule has 4 amide bonds. The molecule has 4 aromatic rings. The number of aryl methyl sites for hydroxylation is 1. The summed E-state index contributed by atoms with van der Waals surface area (Å²) in [7, 11) is 0. The number of rotatable bonds is 6. The molecule has 13 nitrogen and oxygen atoms in total. The molecule has 1 aliphatic rings. The molecule has 0 radical (unpaired) electrons. The van der Waals surface area contributed by atoms with E-state index in [1.54, 1.807) is 37.3 Å². The van der Waals surface area contributed by atoms with Crippen LogP contribution in [0.5, 0.6) is 0 Å². The largest absolute Gasteiger partial charge is 0.351 e. The van der Waals surface area contributed by atoms with Crippen molar-refractivity contribution in [1.82, 2.24) is 41.2 Å². The average Bonchev–Trinajstić information content (AvgIpc) is 3.58. The minimum Gasteiger partial charge on any atom is -0.351 e. The van der Waals surface area contributed by atoms with E-state index in [4.69, 9.17) is 5.73 Å². The number of aromatic nitrogens is 6. The smallest absolute Gasteiger partial charge is 0.319 e. The van der Waals surface area contributed by atoms with Gasteiger partial charge in [0.1, 0.15) is 23.5 Å². The Labute approximate surface area is 214 Å². The molecule has 0 saturated heterocycles. The van der Waals surface area contributed by atoms with Crippen LogP contribution in [0.2, 0.25) is 0 Å². The number of aromatic amines is 1. The summed E-state index contributed by atoms with van der Waals surface area (Å²) < 4.78 is 13.5. The second-order valence-corrected chi connectivity index (χ2v) is 8.54. The van der Waals surface area contributed by atoms with Crippen LogP contribution in [0.25, 0.3) is 11.4 Å². The van der Waals surface area contributed by atoms with Crippen LogP contribution in [0.15, 0.2) is 48.8 Å². The van der Waals surface area contributed by atoms with Crippen LogP contribution in [0.1, 0.15) is 43.7 Å². The maximum Gasteiger partial charge on any atom is 0.319 e. The first-order valence-corrected chi connectivity index (χ1v) is 11.4. The third-order valence-electron chi connectivity index (χ3n) is 6.04. The number of nitrogens with zero attached hydrogens (tertiary/aromatic N) is 6. The average molecular weight is 516 g/mol. The molecule has 5 N–H and O–H groups in total. The number of amides is 4. The third kappa shape index (κ3) is 4.86. The third-order valence-corrected chi connectivity index (χ3v) is 6.04. The Hall–Kier alpha value is -5.27. The fourth-order valence-corrected chi connectivity index (χ4v) is 4.13. The van der Waals surface area contributed by atoms with Gasteiger partial charge in [0.2, 0.25) is 5.82 Å². The molecular formula is C24H21FN10O3. The highest BCUT2D eigenvalue weighted by molar-refractivity contribution is 5.98. The summed E-state index contributed by atoms with van der Waals surface area (Å²) >= 11 is 0. The van der Waals surface area contributed by atoms with Gasteiger partial charge in [-0.15, -0.1) is 10.2 Å². The Balaban J connectivity index is 1.30. The molecule has 1 aliphatic heterocycles. The van der Waals surface area contributed by atoms with Crippen LogP contribution in [-0.2, 0) is 6.54 Å². The maximum absolute atomic E-state index is 13.5. The van der Waals surface area contributed by atoms with Gasteiger partial charge in [0.15, 0.2) is 0 Å². The number of anilines is 1. The van der Waals surface area contributed by atoms with E-state index in [1.165, 1.54) is 17.0 Å². The van der Waals surface area contributed by atoms with Gasteiger partial charge in [-0.25, -0.2) is 19.2 Å².